The topological polar surface area (TPSA) is 69.2 Å². The smallest absolute Gasteiger partial charge is 0.248 e. The molecule has 7 nitrogen and oxygen atoms in total. The first-order valence-electron chi connectivity index (χ1n) is 9.73. The summed E-state index contributed by atoms with van der Waals surface area (Å²) in [4.78, 5) is 21.1. The van der Waals surface area contributed by atoms with Crippen molar-refractivity contribution < 1.29 is 9.53 Å². The number of nitrogens with one attached hydrogen (secondary N) is 2. The average Bonchev–Trinajstić information content (AvgIpc) is 3.10. The minimum absolute atomic E-state index is 0. The standard InChI is InChI=1S/C20H33N5O2.HI/c1-4-21-20(22-11-14-24(2)12-7-15-27-3)23-16-19(26)25-13-10-17-8-5-6-9-18(17)25;/h5-6,8-9H,4,7,10-16H2,1-3H3,(H2,21,22,23);1H. The maximum Gasteiger partial charge on any atom is 0.248 e. The van der Waals surface area contributed by atoms with Gasteiger partial charge in [0.2, 0.25) is 5.91 Å². The number of halogens is 1. The third kappa shape index (κ3) is 7.92. The molecule has 0 aliphatic carbocycles. The van der Waals surface area contributed by atoms with Gasteiger partial charge in [0.05, 0.1) is 0 Å². The number of anilines is 1. The lowest BCUT2D eigenvalue weighted by molar-refractivity contribution is -0.117. The summed E-state index contributed by atoms with van der Waals surface area (Å²) in [6.07, 6.45) is 1.94. The SMILES string of the molecule is CCNC(=NCC(=O)N1CCc2ccccc21)NCCN(C)CCCOC.I. The van der Waals surface area contributed by atoms with Gasteiger partial charge in [-0.3, -0.25) is 4.79 Å². The number of para-hydroxylation sites is 1. The van der Waals surface area contributed by atoms with Crippen LogP contribution in [0.25, 0.3) is 0 Å². The van der Waals surface area contributed by atoms with Crippen LogP contribution in [0.1, 0.15) is 18.9 Å². The number of rotatable bonds is 10. The third-order valence-electron chi connectivity index (χ3n) is 4.58. The maximum absolute atomic E-state index is 12.6. The quantitative estimate of drug-likeness (QED) is 0.220. The second-order valence-corrected chi connectivity index (χ2v) is 6.70. The zero-order chi connectivity index (χ0) is 19.5. The Morgan fingerprint density at radius 2 is 2.07 bits per heavy atom. The van der Waals surface area contributed by atoms with E-state index >= 15 is 0 Å². The van der Waals surface area contributed by atoms with Gasteiger partial charge < -0.3 is 25.2 Å². The van der Waals surface area contributed by atoms with E-state index in [1.54, 1.807) is 7.11 Å². The summed E-state index contributed by atoms with van der Waals surface area (Å²) in [5.41, 5.74) is 2.25. The zero-order valence-electron chi connectivity index (χ0n) is 17.2. The molecule has 0 radical (unpaired) electrons. The molecule has 1 aromatic rings. The van der Waals surface area contributed by atoms with E-state index in [1.165, 1.54) is 5.56 Å². The largest absolute Gasteiger partial charge is 0.385 e. The Balaban J connectivity index is 0.00000392. The van der Waals surface area contributed by atoms with Gasteiger partial charge in [-0.25, -0.2) is 4.99 Å². The fourth-order valence-electron chi connectivity index (χ4n) is 3.13. The molecule has 1 heterocycles. The number of carbonyl (C=O) groups excluding carboxylic acids is 1. The minimum Gasteiger partial charge on any atom is -0.385 e. The van der Waals surface area contributed by atoms with Crippen LogP contribution in [0, 0.1) is 0 Å². The Morgan fingerprint density at radius 3 is 2.82 bits per heavy atom. The monoisotopic (exact) mass is 503 g/mol. The third-order valence-corrected chi connectivity index (χ3v) is 4.58. The van der Waals surface area contributed by atoms with Gasteiger partial charge in [0.15, 0.2) is 5.96 Å². The lowest BCUT2D eigenvalue weighted by atomic mass is 10.2. The van der Waals surface area contributed by atoms with Crippen LogP contribution in [0.2, 0.25) is 0 Å². The molecule has 0 bridgehead atoms. The first-order chi connectivity index (χ1) is 13.2. The Kier molecular flexibility index (Phi) is 12.1. The summed E-state index contributed by atoms with van der Waals surface area (Å²) in [5.74, 6) is 0.720. The molecule has 158 valence electrons. The minimum atomic E-state index is 0. The Hall–Kier alpha value is -1.39. The molecule has 28 heavy (non-hydrogen) atoms. The summed E-state index contributed by atoms with van der Waals surface area (Å²) in [6, 6.07) is 8.08. The van der Waals surface area contributed by atoms with E-state index in [9.17, 15) is 4.79 Å². The number of fused-ring (bicyclic) bond motifs is 1. The van der Waals surface area contributed by atoms with Gasteiger partial charge in [-0.05, 0) is 38.4 Å². The molecular weight excluding hydrogens is 469 g/mol. The fraction of sp³-hybridized carbons (Fsp3) is 0.600. The first-order valence-corrected chi connectivity index (χ1v) is 9.73. The Labute approximate surface area is 185 Å². The van der Waals surface area contributed by atoms with Gasteiger partial charge in [0, 0.05) is 52.1 Å². The van der Waals surface area contributed by atoms with Crippen LogP contribution < -0.4 is 15.5 Å². The van der Waals surface area contributed by atoms with Crippen molar-refractivity contribution in [3.8, 4) is 0 Å². The van der Waals surface area contributed by atoms with Gasteiger partial charge >= 0.3 is 0 Å². The summed E-state index contributed by atoms with van der Waals surface area (Å²) in [7, 11) is 3.82. The van der Waals surface area contributed by atoms with Crippen LogP contribution in [0.4, 0.5) is 5.69 Å². The predicted molar refractivity (Wildman–Crippen MR) is 126 cm³/mol. The van der Waals surface area contributed by atoms with Crippen molar-refractivity contribution in [3.05, 3.63) is 29.8 Å². The van der Waals surface area contributed by atoms with E-state index in [2.05, 4.69) is 33.6 Å². The fourth-order valence-corrected chi connectivity index (χ4v) is 3.13. The van der Waals surface area contributed by atoms with Crippen LogP contribution in [0.3, 0.4) is 0 Å². The van der Waals surface area contributed by atoms with E-state index in [1.807, 2.05) is 30.0 Å². The number of ether oxygens (including phenoxy) is 1. The second-order valence-electron chi connectivity index (χ2n) is 6.70. The Morgan fingerprint density at radius 1 is 1.29 bits per heavy atom. The highest BCUT2D eigenvalue weighted by atomic mass is 127. The van der Waals surface area contributed by atoms with E-state index in [0.29, 0.717) is 5.96 Å². The number of likely N-dealkylation sites (N-methyl/N-ethyl adjacent to an activating group) is 1. The number of aliphatic imine (C=N–C) groups is 1. The summed E-state index contributed by atoms with van der Waals surface area (Å²) < 4.78 is 5.08. The molecule has 0 saturated carbocycles. The van der Waals surface area contributed by atoms with Crippen LogP contribution in [0.15, 0.2) is 29.3 Å². The lowest BCUT2D eigenvalue weighted by Crippen LogP contribution is -2.42. The van der Waals surface area contributed by atoms with Crippen molar-refractivity contribution in [2.45, 2.75) is 19.8 Å². The van der Waals surface area contributed by atoms with Gasteiger partial charge in [0.25, 0.3) is 0 Å². The number of hydrogen-bond donors (Lipinski definition) is 2. The highest BCUT2D eigenvalue weighted by Crippen LogP contribution is 2.27. The van der Waals surface area contributed by atoms with Crippen molar-refractivity contribution in [1.29, 1.82) is 0 Å². The number of benzene rings is 1. The van der Waals surface area contributed by atoms with E-state index < -0.39 is 0 Å². The van der Waals surface area contributed by atoms with Gasteiger partial charge in [-0.1, -0.05) is 18.2 Å². The normalized spacial score (nSPS) is 13.3. The highest BCUT2D eigenvalue weighted by Gasteiger charge is 2.23. The molecule has 0 aromatic heterocycles. The number of nitrogens with zero attached hydrogens (tertiary/aromatic N) is 3. The molecule has 2 rings (SSSR count). The first kappa shape index (κ1) is 24.6. The number of amides is 1. The molecule has 0 fully saturated rings. The zero-order valence-corrected chi connectivity index (χ0v) is 19.6. The molecule has 1 aliphatic heterocycles. The molecule has 0 unspecified atom stereocenters. The highest BCUT2D eigenvalue weighted by molar-refractivity contribution is 14.0. The summed E-state index contributed by atoms with van der Waals surface area (Å²) in [6.45, 7) is 7.12. The Bertz CT molecular complexity index is 626. The number of methoxy groups -OCH3 is 1. The molecule has 0 saturated heterocycles. The average molecular weight is 503 g/mol. The van der Waals surface area contributed by atoms with E-state index in [4.69, 9.17) is 4.74 Å². The van der Waals surface area contributed by atoms with Crippen molar-refractivity contribution in [2.75, 3.05) is 64.9 Å². The van der Waals surface area contributed by atoms with E-state index in [0.717, 1.165) is 57.9 Å². The van der Waals surface area contributed by atoms with E-state index in [-0.39, 0.29) is 36.4 Å². The van der Waals surface area contributed by atoms with Crippen molar-refractivity contribution in [3.63, 3.8) is 0 Å². The summed E-state index contributed by atoms with van der Waals surface area (Å²) in [5, 5.41) is 6.51. The maximum atomic E-state index is 12.6. The van der Waals surface area contributed by atoms with Crippen molar-refractivity contribution in [2.24, 2.45) is 4.99 Å². The molecule has 1 amide bonds. The second kappa shape index (κ2) is 13.7. The van der Waals surface area contributed by atoms with Crippen LogP contribution in [0.5, 0.6) is 0 Å². The van der Waals surface area contributed by atoms with Crippen molar-refractivity contribution >= 4 is 41.5 Å². The lowest BCUT2D eigenvalue weighted by Gasteiger charge is -2.19. The van der Waals surface area contributed by atoms with Gasteiger partial charge in [-0.15, -0.1) is 24.0 Å². The number of hydrogen-bond acceptors (Lipinski definition) is 4. The predicted octanol–water partition coefficient (Wildman–Crippen LogP) is 1.72. The molecule has 0 spiro atoms. The van der Waals surface area contributed by atoms with Crippen LogP contribution in [-0.2, 0) is 16.0 Å². The van der Waals surface area contributed by atoms with Crippen molar-refractivity contribution in [1.82, 2.24) is 15.5 Å². The molecular formula is C20H34IN5O2. The number of guanidine groups is 1. The van der Waals surface area contributed by atoms with Gasteiger partial charge in [-0.2, -0.15) is 0 Å². The molecule has 1 aromatic carbocycles. The van der Waals surface area contributed by atoms with Crippen LogP contribution >= 0.6 is 24.0 Å². The summed E-state index contributed by atoms with van der Waals surface area (Å²) >= 11 is 0. The van der Waals surface area contributed by atoms with Crippen LogP contribution in [-0.4, -0.2) is 76.8 Å². The van der Waals surface area contributed by atoms with Gasteiger partial charge in [0.1, 0.15) is 6.54 Å². The molecule has 0 atom stereocenters. The number of carbonyl (C=O) groups is 1. The molecule has 8 heteroatoms. The molecule has 2 N–H and O–H groups in total. The molecule has 1 aliphatic rings.